The van der Waals surface area contributed by atoms with Crippen LogP contribution in [0.4, 0.5) is 22.0 Å². The summed E-state index contributed by atoms with van der Waals surface area (Å²) in [5.41, 5.74) is -0.791. The molecular formula is C23H24F5N3O4S. The van der Waals surface area contributed by atoms with Gasteiger partial charge < -0.3 is 10.6 Å². The summed E-state index contributed by atoms with van der Waals surface area (Å²) in [5.74, 6) is -3.25. The van der Waals surface area contributed by atoms with Crippen molar-refractivity contribution in [2.75, 3.05) is 13.1 Å². The van der Waals surface area contributed by atoms with Crippen LogP contribution in [0.15, 0.2) is 47.4 Å². The molecule has 1 saturated heterocycles. The Balaban J connectivity index is 1.64. The first kappa shape index (κ1) is 27.5. The molecule has 1 fully saturated rings. The van der Waals surface area contributed by atoms with Crippen molar-refractivity contribution in [1.82, 2.24) is 14.9 Å². The molecule has 3 rings (SSSR count). The lowest BCUT2D eigenvalue weighted by Gasteiger charge is -2.32. The Bertz CT molecular complexity index is 1230. The highest BCUT2D eigenvalue weighted by Crippen LogP contribution is 2.31. The van der Waals surface area contributed by atoms with Gasteiger partial charge in [0.2, 0.25) is 21.8 Å². The lowest BCUT2D eigenvalue weighted by molar-refractivity contribution is -0.137. The van der Waals surface area contributed by atoms with Crippen LogP contribution in [-0.2, 0) is 32.2 Å². The molecule has 2 N–H and O–H groups in total. The predicted octanol–water partition coefficient (Wildman–Crippen LogP) is 3.00. The summed E-state index contributed by atoms with van der Waals surface area (Å²) >= 11 is 0. The van der Waals surface area contributed by atoms with Crippen LogP contribution in [0.1, 0.15) is 30.9 Å². The summed E-state index contributed by atoms with van der Waals surface area (Å²) in [5, 5.41) is 5.18. The maximum Gasteiger partial charge on any atom is 0.416 e. The summed E-state index contributed by atoms with van der Waals surface area (Å²) in [4.78, 5) is 23.9. The van der Waals surface area contributed by atoms with Gasteiger partial charge in [-0.05, 0) is 48.7 Å². The molecule has 36 heavy (non-hydrogen) atoms. The molecule has 0 saturated carbocycles. The van der Waals surface area contributed by atoms with Gasteiger partial charge in [0, 0.05) is 32.5 Å². The van der Waals surface area contributed by atoms with E-state index in [1.54, 1.807) is 0 Å². The van der Waals surface area contributed by atoms with E-state index in [1.165, 1.54) is 13.0 Å². The topological polar surface area (TPSA) is 95.6 Å². The fourth-order valence-corrected chi connectivity index (χ4v) is 5.40. The van der Waals surface area contributed by atoms with Crippen LogP contribution >= 0.6 is 0 Å². The molecule has 0 aliphatic carbocycles. The molecule has 2 amide bonds. The lowest BCUT2D eigenvalue weighted by Crippen LogP contribution is -2.53. The predicted molar refractivity (Wildman–Crippen MR) is 119 cm³/mol. The minimum Gasteiger partial charge on any atom is -0.351 e. The minimum atomic E-state index is -4.69. The average molecular weight is 534 g/mol. The van der Waals surface area contributed by atoms with Crippen molar-refractivity contribution in [1.29, 1.82) is 0 Å². The van der Waals surface area contributed by atoms with E-state index in [0.29, 0.717) is 6.07 Å². The Morgan fingerprint density at radius 1 is 1.06 bits per heavy atom. The van der Waals surface area contributed by atoms with Gasteiger partial charge in [-0.1, -0.05) is 12.1 Å². The second-order valence-corrected chi connectivity index (χ2v) is 10.4. The highest BCUT2D eigenvalue weighted by Gasteiger charge is 2.35. The number of nitrogens with zero attached hydrogens (tertiary/aromatic N) is 1. The van der Waals surface area contributed by atoms with E-state index in [-0.39, 0.29) is 37.9 Å². The molecule has 1 heterocycles. The maximum absolute atomic E-state index is 13.5. The molecule has 0 aromatic heterocycles. The average Bonchev–Trinajstić information content (AvgIpc) is 2.80. The number of carbonyl (C=O) groups excluding carboxylic acids is 2. The normalized spacial score (nSPS) is 16.4. The van der Waals surface area contributed by atoms with E-state index >= 15 is 0 Å². The van der Waals surface area contributed by atoms with Crippen LogP contribution in [-0.4, -0.2) is 49.7 Å². The summed E-state index contributed by atoms with van der Waals surface area (Å²) < 4.78 is 92.4. The largest absolute Gasteiger partial charge is 0.416 e. The number of nitrogens with one attached hydrogen (secondary N) is 2. The molecule has 1 aliphatic heterocycles. The van der Waals surface area contributed by atoms with Crippen molar-refractivity contribution in [3.05, 3.63) is 65.2 Å². The van der Waals surface area contributed by atoms with E-state index < -0.39 is 62.2 Å². The number of amides is 2. The molecule has 1 atom stereocenters. The van der Waals surface area contributed by atoms with E-state index in [1.807, 2.05) is 0 Å². The molecule has 0 radical (unpaired) electrons. The number of benzene rings is 2. The van der Waals surface area contributed by atoms with Crippen molar-refractivity contribution >= 4 is 21.8 Å². The van der Waals surface area contributed by atoms with Crippen molar-refractivity contribution < 1.29 is 40.0 Å². The van der Waals surface area contributed by atoms with Crippen LogP contribution in [0, 0.1) is 11.6 Å². The number of hydrogen-bond acceptors (Lipinski definition) is 4. The van der Waals surface area contributed by atoms with Gasteiger partial charge in [0.25, 0.3) is 0 Å². The van der Waals surface area contributed by atoms with Crippen molar-refractivity contribution in [3.63, 3.8) is 0 Å². The second-order valence-electron chi connectivity index (χ2n) is 8.42. The summed E-state index contributed by atoms with van der Waals surface area (Å²) in [6.07, 6.45) is -4.43. The SMILES string of the molecule is CC(=O)NC(Cc1ccc(F)c(F)c1)C(=O)NC1CCN(S(=O)(=O)c2cccc(C(F)(F)F)c2)CC1. The van der Waals surface area contributed by atoms with Gasteiger partial charge in [0.1, 0.15) is 6.04 Å². The van der Waals surface area contributed by atoms with E-state index in [9.17, 15) is 40.0 Å². The number of halogens is 5. The highest BCUT2D eigenvalue weighted by molar-refractivity contribution is 7.89. The van der Waals surface area contributed by atoms with Gasteiger partial charge in [-0.3, -0.25) is 9.59 Å². The zero-order valence-electron chi connectivity index (χ0n) is 19.1. The third-order valence-electron chi connectivity index (χ3n) is 5.72. The molecule has 196 valence electrons. The smallest absolute Gasteiger partial charge is 0.351 e. The van der Waals surface area contributed by atoms with Crippen molar-refractivity contribution in [2.45, 2.75) is 49.3 Å². The first-order valence-corrected chi connectivity index (χ1v) is 12.4. The standard InChI is InChI=1S/C23H24F5N3O4S/c1-14(32)29-21(12-15-5-6-19(24)20(25)11-15)22(33)30-17-7-9-31(10-8-17)36(34,35)18-4-2-3-16(13-18)23(26,27)28/h2-6,11,13,17,21H,7-10,12H2,1H3,(H,29,32)(H,30,33). The van der Waals surface area contributed by atoms with Gasteiger partial charge in [-0.2, -0.15) is 17.5 Å². The van der Waals surface area contributed by atoms with Crippen LogP contribution in [0.5, 0.6) is 0 Å². The Labute approximate surface area is 204 Å². The molecule has 0 spiro atoms. The lowest BCUT2D eigenvalue weighted by atomic mass is 10.0. The monoisotopic (exact) mass is 533 g/mol. The quantitative estimate of drug-likeness (QED) is 0.535. The molecule has 13 heteroatoms. The number of rotatable bonds is 7. The third-order valence-corrected chi connectivity index (χ3v) is 7.61. The number of piperidine rings is 1. The molecule has 0 bridgehead atoms. The Kier molecular flexibility index (Phi) is 8.34. The Morgan fingerprint density at radius 2 is 1.72 bits per heavy atom. The van der Waals surface area contributed by atoms with Gasteiger partial charge in [0.05, 0.1) is 10.5 Å². The first-order valence-electron chi connectivity index (χ1n) is 11.0. The zero-order chi connectivity index (χ0) is 26.7. The molecule has 2 aromatic carbocycles. The third kappa shape index (κ3) is 6.78. The number of alkyl halides is 3. The Morgan fingerprint density at radius 3 is 2.31 bits per heavy atom. The molecule has 1 unspecified atom stereocenters. The number of sulfonamides is 1. The summed E-state index contributed by atoms with van der Waals surface area (Å²) in [6.45, 7) is 1.11. The molecular weight excluding hydrogens is 509 g/mol. The fourth-order valence-electron chi connectivity index (χ4n) is 3.88. The molecule has 2 aromatic rings. The van der Waals surface area contributed by atoms with E-state index in [2.05, 4.69) is 10.6 Å². The van der Waals surface area contributed by atoms with Crippen LogP contribution in [0.2, 0.25) is 0 Å². The molecule has 7 nitrogen and oxygen atoms in total. The summed E-state index contributed by atoms with van der Waals surface area (Å²) in [6, 6.07) is 5.06. The minimum absolute atomic E-state index is 0.0441. The first-order chi connectivity index (χ1) is 16.8. The fraction of sp³-hybridized carbons (Fsp3) is 0.391. The van der Waals surface area contributed by atoms with Crippen LogP contribution in [0.3, 0.4) is 0 Å². The van der Waals surface area contributed by atoms with E-state index in [4.69, 9.17) is 0 Å². The zero-order valence-corrected chi connectivity index (χ0v) is 19.9. The maximum atomic E-state index is 13.5. The van der Waals surface area contributed by atoms with Crippen LogP contribution in [0.25, 0.3) is 0 Å². The van der Waals surface area contributed by atoms with Crippen LogP contribution < -0.4 is 10.6 Å². The summed E-state index contributed by atoms with van der Waals surface area (Å²) in [7, 11) is -4.18. The van der Waals surface area contributed by atoms with E-state index in [0.717, 1.165) is 34.6 Å². The number of hydrogen-bond donors (Lipinski definition) is 2. The van der Waals surface area contributed by atoms with Gasteiger partial charge in [0.15, 0.2) is 11.6 Å². The van der Waals surface area contributed by atoms with Gasteiger partial charge in [-0.15, -0.1) is 0 Å². The van der Waals surface area contributed by atoms with Gasteiger partial charge >= 0.3 is 6.18 Å². The second kappa shape index (κ2) is 10.9. The van der Waals surface area contributed by atoms with Gasteiger partial charge in [-0.25, -0.2) is 17.2 Å². The highest BCUT2D eigenvalue weighted by atomic mass is 32.2. The van der Waals surface area contributed by atoms with Crippen molar-refractivity contribution in [3.8, 4) is 0 Å². The van der Waals surface area contributed by atoms with Crippen molar-refractivity contribution in [2.24, 2.45) is 0 Å². The Hall–Kier alpha value is -3.06. The number of carbonyl (C=O) groups is 2. The molecule has 1 aliphatic rings.